The van der Waals surface area contributed by atoms with Crippen LogP contribution in [0.25, 0.3) is 4.91 Å². The smallest absolute Gasteiger partial charge is 0.285 e. The summed E-state index contributed by atoms with van der Waals surface area (Å²) in [6.07, 6.45) is 1.51. The third-order valence-corrected chi connectivity index (χ3v) is 7.86. The van der Waals surface area contributed by atoms with Crippen LogP contribution in [0, 0.1) is 6.92 Å². The largest absolute Gasteiger partial charge is 0.356 e. The Balaban J connectivity index is 1.45. The zero-order valence-electron chi connectivity index (χ0n) is 16.4. The maximum Gasteiger partial charge on any atom is 0.285 e. The van der Waals surface area contributed by atoms with Crippen LogP contribution in [0.3, 0.4) is 0 Å². The van der Waals surface area contributed by atoms with Gasteiger partial charge in [-0.25, -0.2) is 0 Å². The van der Waals surface area contributed by atoms with Gasteiger partial charge in [0, 0.05) is 24.7 Å². The molecule has 2 aromatic rings. The first-order valence-electron chi connectivity index (χ1n) is 9.58. The molecule has 1 aromatic carbocycles. The van der Waals surface area contributed by atoms with Crippen LogP contribution in [0.5, 0.6) is 0 Å². The fraction of sp³-hybridized carbons (Fsp3) is 0.333. The third kappa shape index (κ3) is 3.86. The molecule has 3 heterocycles. The van der Waals surface area contributed by atoms with Crippen LogP contribution >= 0.6 is 11.3 Å². The van der Waals surface area contributed by atoms with Crippen molar-refractivity contribution in [1.29, 1.82) is 0 Å². The maximum absolute atomic E-state index is 12.7. The SMILES string of the molecule is CC1=C(c2ccccc2)S(=O)(=O)N=C1N1CCC(NC(=O)c2sccc2C)CC1. The Morgan fingerprint density at radius 1 is 1.14 bits per heavy atom. The average Bonchev–Trinajstić information content (AvgIpc) is 3.23. The minimum Gasteiger partial charge on any atom is -0.356 e. The maximum atomic E-state index is 12.7. The highest BCUT2D eigenvalue weighted by molar-refractivity contribution is 8.00. The van der Waals surface area contributed by atoms with Crippen molar-refractivity contribution in [3.63, 3.8) is 0 Å². The number of nitrogens with zero attached hydrogens (tertiary/aromatic N) is 2. The molecule has 1 N–H and O–H groups in total. The van der Waals surface area contributed by atoms with E-state index in [0.29, 0.717) is 30.1 Å². The Morgan fingerprint density at radius 2 is 1.83 bits per heavy atom. The van der Waals surface area contributed by atoms with Gasteiger partial charge in [0.25, 0.3) is 15.9 Å². The van der Waals surface area contributed by atoms with Crippen LogP contribution in [-0.4, -0.2) is 44.2 Å². The lowest BCUT2D eigenvalue weighted by Crippen LogP contribution is -2.46. The summed E-state index contributed by atoms with van der Waals surface area (Å²) in [5.41, 5.74) is 2.34. The van der Waals surface area contributed by atoms with Gasteiger partial charge in [0.1, 0.15) is 10.7 Å². The predicted octanol–water partition coefficient (Wildman–Crippen LogP) is 3.42. The molecule has 0 saturated carbocycles. The Kier molecular flexibility index (Phi) is 5.31. The molecule has 0 spiro atoms. The third-order valence-electron chi connectivity index (χ3n) is 5.37. The monoisotopic (exact) mass is 429 g/mol. The number of piperidine rings is 1. The van der Waals surface area contributed by atoms with E-state index in [4.69, 9.17) is 0 Å². The number of carbonyl (C=O) groups is 1. The number of hydrogen-bond acceptors (Lipinski definition) is 5. The molecule has 29 heavy (non-hydrogen) atoms. The van der Waals surface area contributed by atoms with Gasteiger partial charge in [-0.05, 0) is 49.3 Å². The first-order valence-corrected chi connectivity index (χ1v) is 11.9. The number of sulfonamides is 1. The Morgan fingerprint density at radius 3 is 2.45 bits per heavy atom. The summed E-state index contributed by atoms with van der Waals surface area (Å²) in [5.74, 6) is 0.502. The molecule has 0 unspecified atom stereocenters. The van der Waals surface area contributed by atoms with Crippen LogP contribution in [0.2, 0.25) is 0 Å². The Labute approximate surface area is 175 Å². The topological polar surface area (TPSA) is 78.8 Å². The fourth-order valence-corrected chi connectivity index (χ4v) is 6.18. The lowest BCUT2D eigenvalue weighted by Gasteiger charge is -2.33. The first-order chi connectivity index (χ1) is 13.9. The summed E-state index contributed by atoms with van der Waals surface area (Å²) in [4.78, 5) is 15.5. The van der Waals surface area contributed by atoms with Crippen molar-refractivity contribution < 1.29 is 13.2 Å². The van der Waals surface area contributed by atoms with Crippen molar-refractivity contribution in [2.24, 2.45) is 4.40 Å². The minimum atomic E-state index is -3.70. The van der Waals surface area contributed by atoms with E-state index in [1.807, 2.05) is 48.4 Å². The number of thiophene rings is 1. The fourth-order valence-electron chi connectivity index (χ4n) is 3.86. The van der Waals surface area contributed by atoms with Gasteiger partial charge >= 0.3 is 0 Å². The lowest BCUT2D eigenvalue weighted by molar-refractivity contribution is 0.0926. The van der Waals surface area contributed by atoms with E-state index in [1.54, 1.807) is 12.1 Å². The molecule has 1 aromatic heterocycles. The van der Waals surface area contributed by atoms with Crippen LogP contribution in [0.4, 0.5) is 0 Å². The number of carbonyl (C=O) groups excluding carboxylic acids is 1. The van der Waals surface area contributed by atoms with Crippen LogP contribution < -0.4 is 5.32 Å². The van der Waals surface area contributed by atoms with Gasteiger partial charge in [-0.3, -0.25) is 4.79 Å². The highest BCUT2D eigenvalue weighted by Gasteiger charge is 2.35. The number of likely N-dealkylation sites (tertiary alicyclic amines) is 1. The van der Waals surface area contributed by atoms with E-state index in [2.05, 4.69) is 9.71 Å². The number of aryl methyl sites for hydroxylation is 1. The van der Waals surface area contributed by atoms with E-state index >= 15 is 0 Å². The average molecular weight is 430 g/mol. The summed E-state index contributed by atoms with van der Waals surface area (Å²) in [6, 6.07) is 11.1. The molecular formula is C21H23N3O3S2. The second-order valence-electron chi connectivity index (χ2n) is 7.38. The van der Waals surface area contributed by atoms with Gasteiger partial charge in [-0.2, -0.15) is 8.42 Å². The summed E-state index contributed by atoms with van der Waals surface area (Å²) >= 11 is 1.45. The number of rotatable bonds is 3. The van der Waals surface area contributed by atoms with Crippen molar-refractivity contribution in [2.45, 2.75) is 32.7 Å². The quantitative estimate of drug-likeness (QED) is 0.811. The van der Waals surface area contributed by atoms with E-state index in [-0.39, 0.29) is 16.9 Å². The zero-order chi connectivity index (χ0) is 20.6. The van der Waals surface area contributed by atoms with E-state index in [0.717, 1.165) is 23.3 Å². The van der Waals surface area contributed by atoms with Crippen LogP contribution in [-0.2, 0) is 10.0 Å². The number of hydrogen-bond donors (Lipinski definition) is 1. The summed E-state index contributed by atoms with van der Waals surface area (Å²) < 4.78 is 29.4. The Bertz CT molecular complexity index is 1090. The predicted molar refractivity (Wildman–Crippen MR) is 117 cm³/mol. The van der Waals surface area contributed by atoms with Gasteiger partial charge < -0.3 is 10.2 Å². The number of nitrogens with one attached hydrogen (secondary N) is 1. The molecular weight excluding hydrogens is 406 g/mol. The van der Waals surface area contributed by atoms with Crippen molar-refractivity contribution in [1.82, 2.24) is 10.2 Å². The van der Waals surface area contributed by atoms with Crippen LogP contribution in [0.1, 0.15) is 40.6 Å². The van der Waals surface area contributed by atoms with E-state index in [1.165, 1.54) is 11.3 Å². The minimum absolute atomic E-state index is 0.0285. The van der Waals surface area contributed by atoms with Crippen LogP contribution in [0.15, 0.2) is 51.7 Å². The second kappa shape index (κ2) is 7.76. The molecule has 0 aliphatic carbocycles. The van der Waals surface area contributed by atoms with Gasteiger partial charge in [-0.15, -0.1) is 15.7 Å². The first kappa shape index (κ1) is 19.8. The highest BCUT2D eigenvalue weighted by atomic mass is 32.2. The van der Waals surface area contributed by atoms with Gasteiger partial charge in [0.05, 0.1) is 4.88 Å². The van der Waals surface area contributed by atoms with E-state index < -0.39 is 10.0 Å². The molecule has 6 nitrogen and oxygen atoms in total. The molecule has 0 radical (unpaired) electrons. The number of benzene rings is 1. The molecule has 1 fully saturated rings. The molecule has 4 rings (SSSR count). The van der Waals surface area contributed by atoms with Crippen molar-refractivity contribution in [3.05, 3.63) is 63.4 Å². The van der Waals surface area contributed by atoms with Gasteiger partial charge in [-0.1, -0.05) is 30.3 Å². The number of amidine groups is 1. The van der Waals surface area contributed by atoms with Gasteiger partial charge in [0.15, 0.2) is 0 Å². The summed E-state index contributed by atoms with van der Waals surface area (Å²) in [7, 11) is -3.70. The van der Waals surface area contributed by atoms with Crippen molar-refractivity contribution >= 4 is 38.0 Å². The summed E-state index contributed by atoms with van der Waals surface area (Å²) in [6.45, 7) is 5.07. The molecule has 2 aliphatic heterocycles. The molecule has 1 amide bonds. The van der Waals surface area contributed by atoms with Crippen molar-refractivity contribution in [2.75, 3.05) is 13.1 Å². The zero-order valence-corrected chi connectivity index (χ0v) is 18.0. The summed E-state index contributed by atoms with van der Waals surface area (Å²) in [5, 5.41) is 5.03. The standard InChI is InChI=1S/C21H23N3O3S2/c1-14-10-13-28-18(14)21(25)22-17-8-11-24(12-9-17)20-15(2)19(29(26,27)23-20)16-6-4-3-5-7-16/h3-7,10,13,17H,8-9,11-12H2,1-2H3,(H,22,25). The Hall–Kier alpha value is -2.45. The molecule has 8 heteroatoms. The normalized spacial score (nSPS) is 19.4. The highest BCUT2D eigenvalue weighted by Crippen LogP contribution is 2.34. The molecule has 0 bridgehead atoms. The van der Waals surface area contributed by atoms with Gasteiger partial charge in [0.2, 0.25) is 0 Å². The lowest BCUT2D eigenvalue weighted by atomic mass is 10.0. The van der Waals surface area contributed by atoms with Crippen molar-refractivity contribution in [3.8, 4) is 0 Å². The van der Waals surface area contributed by atoms with E-state index in [9.17, 15) is 13.2 Å². The molecule has 152 valence electrons. The number of amides is 1. The molecule has 2 aliphatic rings. The molecule has 0 atom stereocenters. The molecule has 1 saturated heterocycles. The second-order valence-corrected chi connectivity index (χ2v) is 9.83.